The molecule has 1 aliphatic heterocycles. The van der Waals surface area contributed by atoms with E-state index < -0.39 is 53.2 Å². The molecule has 27 heavy (non-hydrogen) atoms. The highest BCUT2D eigenvalue weighted by molar-refractivity contribution is 5.68. The summed E-state index contributed by atoms with van der Waals surface area (Å²) in [5.74, 6) is -2.00. The molecule has 2 unspecified atom stereocenters. The van der Waals surface area contributed by atoms with Crippen molar-refractivity contribution >= 4 is 17.9 Å². The molecule has 0 aliphatic carbocycles. The Balaban J connectivity index is 2.51. The molecular weight excluding hydrogens is 364 g/mol. The van der Waals surface area contributed by atoms with E-state index in [1.807, 2.05) is 0 Å². The minimum Gasteiger partial charge on any atom is -0.463 e. The third kappa shape index (κ3) is 4.61. The van der Waals surface area contributed by atoms with Gasteiger partial charge >= 0.3 is 23.6 Å². The van der Waals surface area contributed by atoms with Crippen molar-refractivity contribution in [2.45, 2.75) is 51.7 Å². The Morgan fingerprint density at radius 3 is 2.30 bits per heavy atom. The number of rotatable bonds is 5. The number of nitrogens with one attached hydrogen (secondary N) is 1. The molecule has 0 spiro atoms. The maximum absolute atomic E-state index is 12.2. The van der Waals surface area contributed by atoms with E-state index in [1.165, 1.54) is 13.8 Å². The summed E-state index contributed by atoms with van der Waals surface area (Å²) in [6.45, 7) is 4.63. The zero-order valence-corrected chi connectivity index (χ0v) is 15.2. The Morgan fingerprint density at radius 1 is 1.15 bits per heavy atom. The normalized spacial score (nSPS) is 27.0. The van der Waals surface area contributed by atoms with Gasteiger partial charge in [-0.05, 0) is 6.92 Å². The molecule has 0 radical (unpaired) electrons. The van der Waals surface area contributed by atoms with Gasteiger partial charge in [0.15, 0.2) is 18.4 Å². The van der Waals surface area contributed by atoms with Crippen LogP contribution in [0.4, 0.5) is 0 Å². The topological polar surface area (TPSA) is 143 Å². The SMILES string of the molecule is CC(=O)OC[C@@]1(C)O[C@@H](n2ccc(=O)[nH]c2=O)C(OC(C)=O)C1OC(C)=O. The molecule has 1 aliphatic rings. The molecule has 1 aromatic rings. The van der Waals surface area contributed by atoms with Gasteiger partial charge in [-0.15, -0.1) is 0 Å². The van der Waals surface area contributed by atoms with E-state index in [2.05, 4.69) is 4.98 Å². The molecule has 1 aromatic heterocycles. The zero-order chi connectivity index (χ0) is 20.4. The van der Waals surface area contributed by atoms with Crippen LogP contribution in [0.1, 0.15) is 33.9 Å². The lowest BCUT2D eigenvalue weighted by atomic mass is 9.97. The van der Waals surface area contributed by atoms with E-state index >= 15 is 0 Å². The molecule has 11 nitrogen and oxygen atoms in total. The average Bonchev–Trinajstić information content (AvgIpc) is 2.78. The first-order valence-corrected chi connectivity index (χ1v) is 8.00. The second-order valence-electron chi connectivity index (χ2n) is 6.22. The summed E-state index contributed by atoms with van der Waals surface area (Å²) in [5, 5.41) is 0. The lowest BCUT2D eigenvalue weighted by Gasteiger charge is -2.29. The second kappa shape index (κ2) is 7.74. The highest BCUT2D eigenvalue weighted by atomic mass is 16.7. The molecule has 0 bridgehead atoms. The Labute approximate surface area is 153 Å². The average molecular weight is 384 g/mol. The van der Waals surface area contributed by atoms with E-state index in [0.717, 1.165) is 30.7 Å². The number of carbonyl (C=O) groups excluding carboxylic acids is 3. The number of hydrogen-bond acceptors (Lipinski definition) is 9. The molecule has 0 saturated carbocycles. The smallest absolute Gasteiger partial charge is 0.330 e. The lowest BCUT2D eigenvalue weighted by molar-refractivity contribution is -0.174. The molecule has 1 N–H and O–H groups in total. The van der Waals surface area contributed by atoms with Gasteiger partial charge < -0.3 is 18.9 Å². The minimum absolute atomic E-state index is 0.327. The van der Waals surface area contributed by atoms with Crippen molar-refractivity contribution in [1.29, 1.82) is 0 Å². The Hall–Kier alpha value is -2.95. The predicted molar refractivity (Wildman–Crippen MR) is 87.6 cm³/mol. The Kier molecular flexibility index (Phi) is 5.84. The number of hydrogen-bond donors (Lipinski definition) is 1. The van der Waals surface area contributed by atoms with E-state index in [4.69, 9.17) is 18.9 Å². The fourth-order valence-corrected chi connectivity index (χ4v) is 2.79. The lowest BCUT2D eigenvalue weighted by Crippen LogP contribution is -2.48. The van der Waals surface area contributed by atoms with Gasteiger partial charge in [0.2, 0.25) is 0 Å². The third-order valence-electron chi connectivity index (χ3n) is 3.85. The van der Waals surface area contributed by atoms with Gasteiger partial charge in [0.1, 0.15) is 12.2 Å². The fraction of sp³-hybridized carbons (Fsp3) is 0.562. The van der Waals surface area contributed by atoms with Crippen LogP contribution in [0.15, 0.2) is 21.9 Å². The number of H-pyrrole nitrogens is 1. The molecular formula is C16H20N2O9. The quantitative estimate of drug-likeness (QED) is 0.512. The molecule has 11 heteroatoms. The van der Waals surface area contributed by atoms with Crippen LogP contribution in [0.2, 0.25) is 0 Å². The second-order valence-corrected chi connectivity index (χ2v) is 6.22. The highest BCUT2D eigenvalue weighted by Crippen LogP contribution is 2.40. The zero-order valence-electron chi connectivity index (χ0n) is 15.2. The van der Waals surface area contributed by atoms with Crippen LogP contribution in [0, 0.1) is 0 Å². The van der Waals surface area contributed by atoms with E-state index in [9.17, 15) is 24.0 Å². The number of aromatic amines is 1. The largest absolute Gasteiger partial charge is 0.463 e. The molecule has 0 aromatic carbocycles. The fourth-order valence-electron chi connectivity index (χ4n) is 2.79. The van der Waals surface area contributed by atoms with Crippen LogP contribution in [-0.4, -0.2) is 51.9 Å². The van der Waals surface area contributed by atoms with Gasteiger partial charge in [0.25, 0.3) is 5.56 Å². The van der Waals surface area contributed by atoms with Crippen molar-refractivity contribution in [3.05, 3.63) is 33.1 Å². The van der Waals surface area contributed by atoms with Crippen molar-refractivity contribution in [3.8, 4) is 0 Å². The molecule has 148 valence electrons. The van der Waals surface area contributed by atoms with Crippen LogP contribution in [-0.2, 0) is 33.3 Å². The summed E-state index contributed by atoms with van der Waals surface area (Å²) in [4.78, 5) is 59.9. The molecule has 4 atom stereocenters. The van der Waals surface area contributed by atoms with Crippen molar-refractivity contribution in [2.24, 2.45) is 0 Å². The number of aromatic nitrogens is 2. The van der Waals surface area contributed by atoms with Gasteiger partial charge in [-0.25, -0.2) is 4.79 Å². The molecule has 2 heterocycles. The van der Waals surface area contributed by atoms with Crippen LogP contribution < -0.4 is 11.2 Å². The standard InChI is InChI=1S/C16H20N2O9/c1-8(19)24-7-16(4)13(26-10(3)21)12(25-9(2)20)14(27-16)18-6-5-11(22)17-15(18)23/h5-6,12-14H,7H2,1-4H3,(H,17,22,23)/t12?,13?,14-,16-/m1/s1. The number of nitrogens with zero attached hydrogens (tertiary/aromatic N) is 1. The summed E-state index contributed by atoms with van der Waals surface area (Å²) in [6.07, 6.45) is -2.48. The van der Waals surface area contributed by atoms with Crippen LogP contribution in [0.25, 0.3) is 0 Å². The van der Waals surface area contributed by atoms with Crippen molar-refractivity contribution in [2.75, 3.05) is 6.61 Å². The van der Waals surface area contributed by atoms with Crippen molar-refractivity contribution in [1.82, 2.24) is 9.55 Å². The van der Waals surface area contributed by atoms with Gasteiger partial charge in [-0.1, -0.05) is 0 Å². The minimum atomic E-state index is -1.42. The van der Waals surface area contributed by atoms with Crippen molar-refractivity contribution in [3.63, 3.8) is 0 Å². The van der Waals surface area contributed by atoms with Crippen LogP contribution in [0.5, 0.6) is 0 Å². The monoisotopic (exact) mass is 384 g/mol. The van der Waals surface area contributed by atoms with E-state index in [-0.39, 0.29) is 6.61 Å². The summed E-state index contributed by atoms with van der Waals surface area (Å²) in [6, 6.07) is 1.08. The molecule has 1 fully saturated rings. The van der Waals surface area contributed by atoms with Crippen LogP contribution in [0.3, 0.4) is 0 Å². The third-order valence-corrected chi connectivity index (χ3v) is 3.85. The first kappa shape index (κ1) is 20.4. The first-order valence-electron chi connectivity index (χ1n) is 8.00. The summed E-state index contributed by atoms with van der Waals surface area (Å²) in [7, 11) is 0. The number of esters is 3. The van der Waals surface area contributed by atoms with Gasteiger partial charge in [0, 0.05) is 33.0 Å². The van der Waals surface area contributed by atoms with Gasteiger partial charge in [0.05, 0.1) is 0 Å². The number of ether oxygens (including phenoxy) is 4. The molecule has 1 saturated heterocycles. The van der Waals surface area contributed by atoms with E-state index in [1.54, 1.807) is 0 Å². The van der Waals surface area contributed by atoms with Crippen molar-refractivity contribution < 1.29 is 33.3 Å². The maximum Gasteiger partial charge on any atom is 0.330 e. The van der Waals surface area contributed by atoms with Gasteiger partial charge in [-0.2, -0.15) is 0 Å². The highest BCUT2D eigenvalue weighted by Gasteiger charge is 2.58. The maximum atomic E-state index is 12.2. The van der Waals surface area contributed by atoms with E-state index in [0.29, 0.717) is 0 Å². The van der Waals surface area contributed by atoms with Crippen LogP contribution >= 0.6 is 0 Å². The molecule has 2 rings (SSSR count). The van der Waals surface area contributed by atoms with Gasteiger partial charge in [-0.3, -0.25) is 28.7 Å². The summed E-state index contributed by atoms with van der Waals surface area (Å²) >= 11 is 0. The summed E-state index contributed by atoms with van der Waals surface area (Å²) in [5.41, 5.74) is -2.86. The first-order chi connectivity index (χ1) is 12.5. The number of carbonyl (C=O) groups is 3. The Bertz CT molecular complexity index is 858. The Morgan fingerprint density at radius 2 is 1.78 bits per heavy atom. The summed E-state index contributed by atoms with van der Waals surface area (Å²) < 4.78 is 22.3. The molecule has 0 amide bonds. The predicted octanol–water partition coefficient (Wildman–Crippen LogP) is -0.749.